The molecule has 8 heteroatoms. The van der Waals surface area contributed by atoms with Gasteiger partial charge in [0.2, 0.25) is 5.91 Å². The number of nitrogens with zero attached hydrogens (tertiary/aromatic N) is 4. The number of anilines is 1. The normalized spacial score (nSPS) is 14.2. The van der Waals surface area contributed by atoms with Crippen LogP contribution >= 0.6 is 11.6 Å². The Labute approximate surface area is 172 Å². The fourth-order valence-electron chi connectivity index (χ4n) is 3.71. The number of fused-ring (bicyclic) bond motifs is 1. The number of halogens is 1. The van der Waals surface area contributed by atoms with Crippen LogP contribution < -0.4 is 4.90 Å². The zero-order valence-corrected chi connectivity index (χ0v) is 16.4. The highest BCUT2D eigenvalue weighted by molar-refractivity contribution is 6.31. The quantitative estimate of drug-likeness (QED) is 0.484. The van der Waals surface area contributed by atoms with Crippen molar-refractivity contribution >= 4 is 39.7 Å². The third-order valence-corrected chi connectivity index (χ3v) is 5.61. The van der Waals surface area contributed by atoms with Crippen molar-refractivity contribution in [3.8, 4) is 0 Å². The molecular formula is C21H19ClN4O3. The summed E-state index contributed by atoms with van der Waals surface area (Å²) in [6, 6.07) is 12.5. The molecule has 7 nitrogen and oxygen atoms in total. The van der Waals surface area contributed by atoms with E-state index in [1.54, 1.807) is 24.4 Å². The number of pyridine rings is 1. The lowest BCUT2D eigenvalue weighted by molar-refractivity contribution is -0.383. The summed E-state index contributed by atoms with van der Waals surface area (Å²) >= 11 is 6.17. The van der Waals surface area contributed by atoms with Crippen molar-refractivity contribution in [3.63, 3.8) is 0 Å². The van der Waals surface area contributed by atoms with E-state index in [2.05, 4.69) is 9.88 Å². The first kappa shape index (κ1) is 19.1. The molecule has 0 N–H and O–H groups in total. The van der Waals surface area contributed by atoms with Gasteiger partial charge >= 0.3 is 0 Å². The zero-order chi connectivity index (χ0) is 20.4. The van der Waals surface area contributed by atoms with E-state index in [9.17, 15) is 14.9 Å². The molecule has 1 amide bonds. The molecule has 0 atom stereocenters. The lowest BCUT2D eigenvalue weighted by Gasteiger charge is -2.36. The number of carbonyl (C=O) groups excluding carboxylic acids is 1. The summed E-state index contributed by atoms with van der Waals surface area (Å²) < 4.78 is 0. The van der Waals surface area contributed by atoms with Gasteiger partial charge in [0, 0.05) is 60.7 Å². The van der Waals surface area contributed by atoms with Crippen molar-refractivity contribution in [3.05, 3.63) is 75.6 Å². The Morgan fingerprint density at radius 1 is 1.07 bits per heavy atom. The van der Waals surface area contributed by atoms with Gasteiger partial charge < -0.3 is 9.80 Å². The van der Waals surface area contributed by atoms with Crippen LogP contribution in [-0.4, -0.2) is 46.9 Å². The van der Waals surface area contributed by atoms with E-state index in [-0.39, 0.29) is 22.9 Å². The number of benzene rings is 2. The molecular weight excluding hydrogens is 392 g/mol. The maximum absolute atomic E-state index is 12.7. The van der Waals surface area contributed by atoms with Crippen LogP contribution in [0.25, 0.3) is 10.8 Å². The first-order valence-corrected chi connectivity index (χ1v) is 9.69. The summed E-state index contributed by atoms with van der Waals surface area (Å²) in [7, 11) is 0. The number of non-ortho nitro benzene ring substituents is 1. The average molecular weight is 411 g/mol. The molecule has 0 radical (unpaired) electrons. The summed E-state index contributed by atoms with van der Waals surface area (Å²) in [6.07, 6.45) is 3.45. The minimum absolute atomic E-state index is 0.0467. The van der Waals surface area contributed by atoms with Crippen molar-refractivity contribution in [2.45, 2.75) is 6.42 Å². The molecule has 0 unspecified atom stereocenters. The van der Waals surface area contributed by atoms with E-state index in [4.69, 9.17) is 11.6 Å². The summed E-state index contributed by atoms with van der Waals surface area (Å²) in [4.78, 5) is 31.6. The molecule has 0 bridgehead atoms. The molecule has 0 aliphatic carbocycles. The minimum Gasteiger partial charge on any atom is -0.367 e. The van der Waals surface area contributed by atoms with Crippen LogP contribution in [0.4, 0.5) is 11.4 Å². The van der Waals surface area contributed by atoms with E-state index in [1.165, 1.54) is 12.3 Å². The van der Waals surface area contributed by atoms with Crippen molar-refractivity contribution in [2.24, 2.45) is 0 Å². The molecule has 1 aromatic heterocycles. The monoisotopic (exact) mass is 410 g/mol. The maximum atomic E-state index is 12.7. The molecule has 0 saturated carbocycles. The van der Waals surface area contributed by atoms with Crippen LogP contribution in [0.15, 0.2) is 54.9 Å². The SMILES string of the molecule is O=C(Cc1ccccc1Cl)N1CCN(c2ccc([N+](=O)[O-])c3cnccc23)CC1. The van der Waals surface area contributed by atoms with E-state index in [0.717, 1.165) is 16.6 Å². The Kier molecular flexibility index (Phi) is 5.31. The number of piperazine rings is 1. The number of amides is 1. The summed E-state index contributed by atoms with van der Waals surface area (Å²) in [6.45, 7) is 2.49. The summed E-state index contributed by atoms with van der Waals surface area (Å²) in [5, 5.41) is 13.2. The van der Waals surface area contributed by atoms with Gasteiger partial charge in [0.05, 0.1) is 16.7 Å². The van der Waals surface area contributed by atoms with Gasteiger partial charge in [-0.3, -0.25) is 19.9 Å². The number of rotatable bonds is 4. The van der Waals surface area contributed by atoms with Crippen LogP contribution in [0, 0.1) is 10.1 Å². The largest absolute Gasteiger partial charge is 0.367 e. The molecule has 4 rings (SSSR count). The number of nitro benzene ring substituents is 1. The Hall–Kier alpha value is -3.19. The number of nitro groups is 1. The topological polar surface area (TPSA) is 79.6 Å². The molecule has 148 valence electrons. The lowest BCUT2D eigenvalue weighted by Crippen LogP contribution is -2.49. The van der Waals surface area contributed by atoms with Crippen molar-refractivity contribution in [2.75, 3.05) is 31.1 Å². The van der Waals surface area contributed by atoms with Gasteiger partial charge in [0.1, 0.15) is 0 Å². The fourth-order valence-corrected chi connectivity index (χ4v) is 3.91. The Morgan fingerprint density at radius 2 is 1.83 bits per heavy atom. The van der Waals surface area contributed by atoms with Crippen molar-refractivity contribution < 1.29 is 9.72 Å². The van der Waals surface area contributed by atoms with Crippen LogP contribution in [0.3, 0.4) is 0 Å². The molecule has 29 heavy (non-hydrogen) atoms. The van der Waals surface area contributed by atoms with E-state index < -0.39 is 0 Å². The second-order valence-corrected chi connectivity index (χ2v) is 7.33. The first-order valence-electron chi connectivity index (χ1n) is 9.32. The number of aromatic nitrogens is 1. The number of carbonyl (C=O) groups is 1. The predicted molar refractivity (Wildman–Crippen MR) is 112 cm³/mol. The van der Waals surface area contributed by atoms with Gasteiger partial charge in [-0.15, -0.1) is 0 Å². The third kappa shape index (κ3) is 3.86. The summed E-state index contributed by atoms with van der Waals surface area (Å²) in [5.41, 5.74) is 1.80. The van der Waals surface area contributed by atoms with Gasteiger partial charge in [0.15, 0.2) is 0 Å². The van der Waals surface area contributed by atoms with Gasteiger partial charge in [-0.25, -0.2) is 0 Å². The number of hydrogen-bond acceptors (Lipinski definition) is 5. The van der Waals surface area contributed by atoms with Crippen LogP contribution in [0.1, 0.15) is 5.56 Å². The molecule has 1 saturated heterocycles. The van der Waals surface area contributed by atoms with E-state index in [0.29, 0.717) is 36.6 Å². The molecule has 0 spiro atoms. The van der Waals surface area contributed by atoms with Crippen LogP contribution in [0.5, 0.6) is 0 Å². The average Bonchev–Trinajstić information content (AvgIpc) is 2.74. The smallest absolute Gasteiger partial charge is 0.278 e. The van der Waals surface area contributed by atoms with E-state index >= 15 is 0 Å². The standard InChI is InChI=1S/C21H19ClN4O3/c22-18-4-2-1-3-15(18)13-21(27)25-11-9-24(10-12-25)19-5-6-20(26(28)29)17-14-23-8-7-16(17)19/h1-8,14H,9-13H2. The van der Waals surface area contributed by atoms with Gasteiger partial charge in [-0.1, -0.05) is 29.8 Å². The molecule has 3 aromatic rings. The Morgan fingerprint density at radius 3 is 2.55 bits per heavy atom. The Bertz CT molecular complexity index is 1080. The highest BCUT2D eigenvalue weighted by Crippen LogP contribution is 2.33. The highest BCUT2D eigenvalue weighted by Gasteiger charge is 2.24. The molecule has 1 fully saturated rings. The minimum atomic E-state index is -0.390. The first-order chi connectivity index (χ1) is 14.0. The van der Waals surface area contributed by atoms with Gasteiger partial charge in [-0.2, -0.15) is 0 Å². The van der Waals surface area contributed by atoms with Crippen LogP contribution in [-0.2, 0) is 11.2 Å². The van der Waals surface area contributed by atoms with Gasteiger partial charge in [0.25, 0.3) is 5.69 Å². The van der Waals surface area contributed by atoms with Crippen LogP contribution in [0.2, 0.25) is 5.02 Å². The van der Waals surface area contributed by atoms with E-state index in [1.807, 2.05) is 23.1 Å². The van der Waals surface area contributed by atoms with Crippen molar-refractivity contribution in [1.29, 1.82) is 0 Å². The lowest BCUT2D eigenvalue weighted by atomic mass is 10.1. The maximum Gasteiger partial charge on any atom is 0.278 e. The molecule has 2 aromatic carbocycles. The molecule has 2 heterocycles. The highest BCUT2D eigenvalue weighted by atomic mass is 35.5. The predicted octanol–water partition coefficient (Wildman–Crippen LogP) is 3.69. The zero-order valence-electron chi connectivity index (χ0n) is 15.6. The molecule has 1 aliphatic heterocycles. The second-order valence-electron chi connectivity index (χ2n) is 6.92. The van der Waals surface area contributed by atoms with Crippen molar-refractivity contribution in [1.82, 2.24) is 9.88 Å². The fraction of sp³-hybridized carbons (Fsp3) is 0.238. The van der Waals surface area contributed by atoms with Gasteiger partial charge in [-0.05, 0) is 23.8 Å². The second kappa shape index (κ2) is 8.05. The summed E-state index contributed by atoms with van der Waals surface area (Å²) in [5.74, 6) is 0.0514. The molecule has 1 aliphatic rings. The Balaban J connectivity index is 1.49. The number of hydrogen-bond donors (Lipinski definition) is 0. The third-order valence-electron chi connectivity index (χ3n) is 5.24.